The number of amidine groups is 1. The topological polar surface area (TPSA) is 44.7 Å². The predicted octanol–water partition coefficient (Wildman–Crippen LogP) is 5.00. The highest BCUT2D eigenvalue weighted by atomic mass is 35.5. The van der Waals surface area contributed by atoms with Crippen molar-refractivity contribution < 1.29 is 4.79 Å². The Bertz CT molecular complexity index is 1030. The number of rotatable bonds is 4. The lowest BCUT2D eigenvalue weighted by Gasteiger charge is -2.20. The molecule has 1 N–H and O–H groups in total. The van der Waals surface area contributed by atoms with Gasteiger partial charge < -0.3 is 0 Å². The number of halogens is 1. The second kappa shape index (κ2) is 7.48. The molecule has 0 spiro atoms. The van der Waals surface area contributed by atoms with Crippen LogP contribution in [0.25, 0.3) is 6.08 Å². The van der Waals surface area contributed by atoms with Crippen LogP contribution in [0.3, 0.4) is 0 Å². The number of amides is 1. The lowest BCUT2D eigenvalue weighted by Crippen LogP contribution is -2.37. The Morgan fingerprint density at radius 1 is 0.852 bits per heavy atom. The summed E-state index contributed by atoms with van der Waals surface area (Å²) in [6, 6.07) is 26.5. The van der Waals surface area contributed by atoms with Gasteiger partial charge in [-0.15, -0.1) is 0 Å². The number of benzene rings is 3. The summed E-state index contributed by atoms with van der Waals surface area (Å²) in [5.41, 5.74) is 5.87. The van der Waals surface area contributed by atoms with Crippen LogP contribution in [-0.4, -0.2) is 16.8 Å². The SMILES string of the molecule is O=C1C(=Cc2ccccc2Cl)N=C(c2ccccc2)N1Nc1ccccc1. The lowest BCUT2D eigenvalue weighted by atomic mass is 10.2. The van der Waals surface area contributed by atoms with Gasteiger partial charge in [-0.25, -0.2) is 4.99 Å². The highest BCUT2D eigenvalue weighted by Crippen LogP contribution is 2.25. The molecule has 0 aliphatic carbocycles. The number of anilines is 1. The largest absolute Gasteiger partial charge is 0.297 e. The Morgan fingerprint density at radius 3 is 2.19 bits per heavy atom. The van der Waals surface area contributed by atoms with Crippen molar-refractivity contribution in [1.29, 1.82) is 0 Å². The summed E-state index contributed by atoms with van der Waals surface area (Å²) >= 11 is 6.24. The lowest BCUT2D eigenvalue weighted by molar-refractivity contribution is -0.121. The van der Waals surface area contributed by atoms with E-state index >= 15 is 0 Å². The highest BCUT2D eigenvalue weighted by molar-refractivity contribution is 6.32. The van der Waals surface area contributed by atoms with Gasteiger partial charge in [0.25, 0.3) is 5.91 Å². The van der Waals surface area contributed by atoms with Crippen LogP contribution in [0, 0.1) is 0 Å². The van der Waals surface area contributed by atoms with Gasteiger partial charge in [-0.1, -0.05) is 78.3 Å². The predicted molar refractivity (Wildman–Crippen MR) is 109 cm³/mol. The third kappa shape index (κ3) is 3.61. The summed E-state index contributed by atoms with van der Waals surface area (Å²) in [5, 5.41) is 2.04. The maximum absolute atomic E-state index is 13.0. The van der Waals surface area contributed by atoms with E-state index in [1.165, 1.54) is 5.01 Å². The third-order valence-electron chi connectivity index (χ3n) is 4.10. The van der Waals surface area contributed by atoms with E-state index < -0.39 is 0 Å². The molecule has 0 saturated carbocycles. The molecule has 3 aromatic rings. The molecule has 4 nitrogen and oxygen atoms in total. The number of hydrazine groups is 1. The number of carbonyl (C=O) groups excluding carboxylic acids is 1. The fourth-order valence-corrected chi connectivity index (χ4v) is 2.97. The summed E-state index contributed by atoms with van der Waals surface area (Å²) in [6.45, 7) is 0. The molecule has 5 heteroatoms. The highest BCUT2D eigenvalue weighted by Gasteiger charge is 2.31. The van der Waals surface area contributed by atoms with Gasteiger partial charge >= 0.3 is 0 Å². The van der Waals surface area contributed by atoms with Crippen molar-refractivity contribution in [2.24, 2.45) is 4.99 Å². The minimum absolute atomic E-state index is 0.238. The molecule has 1 aliphatic heterocycles. The Morgan fingerprint density at radius 2 is 1.48 bits per heavy atom. The number of hydrogen-bond acceptors (Lipinski definition) is 3. The second-order valence-corrected chi connectivity index (χ2v) is 6.38. The summed E-state index contributed by atoms with van der Waals surface area (Å²) < 4.78 is 0. The van der Waals surface area contributed by atoms with E-state index in [-0.39, 0.29) is 5.91 Å². The quantitative estimate of drug-likeness (QED) is 0.654. The van der Waals surface area contributed by atoms with Gasteiger partial charge in [0.1, 0.15) is 5.70 Å². The Balaban J connectivity index is 1.75. The number of para-hydroxylation sites is 1. The molecule has 1 heterocycles. The maximum Gasteiger partial charge on any atom is 0.297 e. The molecule has 4 rings (SSSR count). The van der Waals surface area contributed by atoms with E-state index in [2.05, 4.69) is 10.4 Å². The molecule has 1 amide bonds. The van der Waals surface area contributed by atoms with Crippen LogP contribution in [0.2, 0.25) is 5.02 Å². The molecule has 1 aliphatic rings. The van der Waals surface area contributed by atoms with Gasteiger partial charge in [0.15, 0.2) is 5.84 Å². The summed E-state index contributed by atoms with van der Waals surface area (Å²) in [4.78, 5) is 17.6. The molecule has 132 valence electrons. The van der Waals surface area contributed by atoms with Crippen LogP contribution >= 0.6 is 11.6 Å². The van der Waals surface area contributed by atoms with E-state index in [1.54, 1.807) is 12.1 Å². The molecule has 0 bridgehead atoms. The molecule has 0 saturated heterocycles. The molecule has 0 unspecified atom stereocenters. The van der Waals surface area contributed by atoms with Crippen LogP contribution in [-0.2, 0) is 4.79 Å². The van der Waals surface area contributed by atoms with Crippen LogP contribution in [0.5, 0.6) is 0 Å². The number of nitrogens with zero attached hydrogens (tertiary/aromatic N) is 2. The average molecular weight is 374 g/mol. The van der Waals surface area contributed by atoms with E-state index in [1.807, 2.05) is 78.9 Å². The zero-order valence-electron chi connectivity index (χ0n) is 14.3. The van der Waals surface area contributed by atoms with Gasteiger partial charge in [-0.2, -0.15) is 5.01 Å². The molecular formula is C22H16ClN3O. The maximum atomic E-state index is 13.0. The Labute approximate surface area is 162 Å². The fourth-order valence-electron chi connectivity index (χ4n) is 2.78. The second-order valence-electron chi connectivity index (χ2n) is 5.97. The first-order valence-electron chi connectivity index (χ1n) is 8.49. The summed E-state index contributed by atoms with van der Waals surface area (Å²) in [7, 11) is 0. The smallest absolute Gasteiger partial charge is 0.290 e. The normalized spacial score (nSPS) is 15.1. The first-order chi connectivity index (χ1) is 13.2. The van der Waals surface area contributed by atoms with Gasteiger partial charge in [-0.05, 0) is 29.8 Å². The first kappa shape index (κ1) is 17.1. The Kier molecular flexibility index (Phi) is 4.73. The van der Waals surface area contributed by atoms with Crippen molar-refractivity contribution in [3.8, 4) is 0 Å². The molecule has 0 aromatic heterocycles. The Hall–Kier alpha value is -3.37. The molecule has 0 radical (unpaired) electrons. The monoisotopic (exact) mass is 373 g/mol. The van der Waals surface area contributed by atoms with Crippen molar-refractivity contribution in [3.63, 3.8) is 0 Å². The van der Waals surface area contributed by atoms with E-state index in [9.17, 15) is 4.79 Å². The van der Waals surface area contributed by atoms with Crippen LogP contribution < -0.4 is 5.43 Å². The van der Waals surface area contributed by atoms with Crippen molar-refractivity contribution in [3.05, 3.63) is 107 Å². The van der Waals surface area contributed by atoms with E-state index in [0.29, 0.717) is 16.6 Å². The minimum Gasteiger partial charge on any atom is -0.290 e. The molecule has 27 heavy (non-hydrogen) atoms. The molecular weight excluding hydrogens is 358 g/mol. The number of carbonyl (C=O) groups is 1. The average Bonchev–Trinajstić information content (AvgIpc) is 3.01. The molecule has 0 atom stereocenters. The van der Waals surface area contributed by atoms with Crippen molar-refractivity contribution >= 4 is 35.1 Å². The summed E-state index contributed by atoms with van der Waals surface area (Å²) in [6.07, 6.45) is 1.71. The van der Waals surface area contributed by atoms with Crippen LogP contribution in [0.4, 0.5) is 5.69 Å². The number of nitrogens with one attached hydrogen (secondary N) is 1. The van der Waals surface area contributed by atoms with E-state index in [0.717, 1.165) is 16.8 Å². The standard InChI is InChI=1S/C22H16ClN3O/c23-19-14-8-7-11-17(19)15-20-22(27)26(25-18-12-5-2-6-13-18)21(24-20)16-9-3-1-4-10-16/h1-15,25H. The van der Waals surface area contributed by atoms with Gasteiger partial charge in [-0.3, -0.25) is 10.2 Å². The minimum atomic E-state index is -0.238. The first-order valence-corrected chi connectivity index (χ1v) is 8.87. The number of hydrogen-bond donors (Lipinski definition) is 1. The van der Waals surface area contributed by atoms with Crippen molar-refractivity contribution in [2.75, 3.05) is 5.43 Å². The van der Waals surface area contributed by atoms with E-state index in [4.69, 9.17) is 11.6 Å². The third-order valence-corrected chi connectivity index (χ3v) is 4.45. The van der Waals surface area contributed by atoms with Gasteiger partial charge in [0, 0.05) is 10.6 Å². The fraction of sp³-hybridized carbons (Fsp3) is 0. The van der Waals surface area contributed by atoms with Crippen LogP contribution in [0.1, 0.15) is 11.1 Å². The zero-order valence-corrected chi connectivity index (χ0v) is 15.1. The molecule has 0 fully saturated rings. The summed E-state index contributed by atoms with van der Waals surface area (Å²) in [5.74, 6) is 0.306. The van der Waals surface area contributed by atoms with Gasteiger partial charge in [0.05, 0.1) is 5.69 Å². The van der Waals surface area contributed by atoms with Crippen molar-refractivity contribution in [1.82, 2.24) is 5.01 Å². The van der Waals surface area contributed by atoms with Crippen molar-refractivity contribution in [2.45, 2.75) is 0 Å². The zero-order chi connectivity index (χ0) is 18.6. The van der Waals surface area contributed by atoms with Gasteiger partial charge in [0.2, 0.25) is 0 Å². The van der Waals surface area contributed by atoms with Crippen LogP contribution in [0.15, 0.2) is 95.6 Å². The molecule has 3 aromatic carbocycles. The number of aliphatic imine (C=N–C) groups is 1.